The van der Waals surface area contributed by atoms with E-state index in [0.717, 1.165) is 0 Å². The van der Waals surface area contributed by atoms with E-state index in [4.69, 9.17) is 5.11 Å². The topological polar surface area (TPSA) is 124 Å². The van der Waals surface area contributed by atoms with E-state index in [2.05, 4.69) is 4.74 Å². The summed E-state index contributed by atoms with van der Waals surface area (Å²) in [5.41, 5.74) is 0. The van der Waals surface area contributed by atoms with Gasteiger partial charge in [0.1, 0.15) is 12.2 Å². The molecule has 1 aliphatic heterocycles. The monoisotopic (exact) mass is 246 g/mol. The van der Waals surface area contributed by atoms with E-state index in [0.29, 0.717) is 6.42 Å². The molecule has 0 radical (unpaired) electrons. The Morgan fingerprint density at radius 1 is 1.41 bits per heavy atom. The third-order valence-electron chi connectivity index (χ3n) is 2.40. The second kappa shape index (κ2) is 5.15. The fourth-order valence-corrected chi connectivity index (χ4v) is 1.45. The van der Waals surface area contributed by atoms with Gasteiger partial charge in [0.2, 0.25) is 5.76 Å². The summed E-state index contributed by atoms with van der Waals surface area (Å²) in [7, 11) is 0. The quantitative estimate of drug-likeness (QED) is 0.474. The highest BCUT2D eigenvalue weighted by atomic mass is 16.6. The van der Waals surface area contributed by atoms with Crippen LogP contribution in [-0.2, 0) is 14.3 Å². The molecule has 0 bridgehead atoms. The van der Waals surface area contributed by atoms with E-state index in [1.807, 2.05) is 0 Å². The molecule has 0 saturated carbocycles. The highest BCUT2D eigenvalue weighted by Crippen LogP contribution is 2.23. The molecule has 17 heavy (non-hydrogen) atoms. The number of hydrogen-bond acceptors (Lipinski definition) is 7. The summed E-state index contributed by atoms with van der Waals surface area (Å²) >= 11 is 0. The minimum absolute atomic E-state index is 0.0509. The summed E-state index contributed by atoms with van der Waals surface area (Å²) in [6.07, 6.45) is -4.66. The second-order valence-corrected chi connectivity index (χ2v) is 3.71. The average molecular weight is 246 g/mol. The zero-order valence-electron chi connectivity index (χ0n) is 9.16. The molecule has 7 nitrogen and oxygen atoms in total. The van der Waals surface area contributed by atoms with Crippen molar-refractivity contribution in [2.45, 2.75) is 38.1 Å². The Bertz CT molecular complexity index is 360. The van der Waals surface area contributed by atoms with Crippen LogP contribution in [-0.4, -0.2) is 50.5 Å². The van der Waals surface area contributed by atoms with Crippen molar-refractivity contribution in [3.63, 3.8) is 0 Å². The van der Waals surface area contributed by atoms with E-state index >= 15 is 0 Å². The molecule has 7 heteroatoms. The number of esters is 1. The van der Waals surface area contributed by atoms with Gasteiger partial charge in [-0.25, -0.2) is 4.79 Å². The molecule has 0 aromatic rings. The van der Waals surface area contributed by atoms with Crippen LogP contribution < -0.4 is 0 Å². The Morgan fingerprint density at radius 2 is 2.00 bits per heavy atom. The number of cyclic esters (lactones) is 1. The summed E-state index contributed by atoms with van der Waals surface area (Å²) in [6, 6.07) is 0. The van der Waals surface area contributed by atoms with Gasteiger partial charge in [-0.3, -0.25) is 4.79 Å². The molecular weight excluding hydrogens is 232 g/mol. The summed E-state index contributed by atoms with van der Waals surface area (Å²) < 4.78 is 4.42. The molecule has 0 aliphatic carbocycles. The summed E-state index contributed by atoms with van der Waals surface area (Å²) in [5.74, 6) is -3.74. The lowest BCUT2D eigenvalue weighted by Crippen LogP contribution is -2.43. The van der Waals surface area contributed by atoms with Gasteiger partial charge >= 0.3 is 5.97 Å². The van der Waals surface area contributed by atoms with Gasteiger partial charge in [0, 0.05) is 6.42 Å². The number of rotatable bonds is 5. The van der Waals surface area contributed by atoms with Gasteiger partial charge in [0.25, 0.3) is 0 Å². The van der Waals surface area contributed by atoms with E-state index in [9.17, 15) is 24.9 Å². The Labute approximate surface area is 96.9 Å². The maximum atomic E-state index is 11.3. The highest BCUT2D eigenvalue weighted by Gasteiger charge is 2.43. The molecule has 0 fully saturated rings. The van der Waals surface area contributed by atoms with Crippen LogP contribution in [0.3, 0.4) is 0 Å². The van der Waals surface area contributed by atoms with E-state index in [1.165, 1.54) is 0 Å². The van der Waals surface area contributed by atoms with Crippen LogP contribution in [0.1, 0.15) is 19.8 Å². The van der Waals surface area contributed by atoms with E-state index in [-0.39, 0.29) is 6.42 Å². The first-order valence-corrected chi connectivity index (χ1v) is 5.12. The number of carbonyl (C=O) groups excluding carboxylic acids is 2. The van der Waals surface area contributed by atoms with E-state index < -0.39 is 41.6 Å². The van der Waals surface area contributed by atoms with Crippen LogP contribution in [0.2, 0.25) is 0 Å². The number of aliphatic hydroxyl groups excluding tert-OH is 4. The van der Waals surface area contributed by atoms with Gasteiger partial charge in [-0.2, -0.15) is 0 Å². The predicted molar refractivity (Wildman–Crippen MR) is 54.1 cm³/mol. The van der Waals surface area contributed by atoms with Crippen molar-refractivity contribution in [1.29, 1.82) is 0 Å². The molecule has 0 aromatic carbocycles. The highest BCUT2D eigenvalue weighted by molar-refractivity contribution is 5.89. The SMILES string of the molecule is CCCC(=O)C(O)[C@H](O)[C@H]1OC(=O)C(O)=C1O. The maximum absolute atomic E-state index is 11.3. The minimum atomic E-state index is -1.80. The third kappa shape index (κ3) is 2.56. The van der Waals surface area contributed by atoms with E-state index in [1.54, 1.807) is 6.92 Å². The van der Waals surface area contributed by atoms with Gasteiger partial charge in [0.15, 0.2) is 17.6 Å². The van der Waals surface area contributed by atoms with Crippen molar-refractivity contribution in [2.75, 3.05) is 0 Å². The lowest BCUT2D eigenvalue weighted by atomic mass is 10.0. The molecule has 1 aliphatic rings. The zero-order chi connectivity index (χ0) is 13.2. The molecule has 0 amide bonds. The van der Waals surface area contributed by atoms with Crippen LogP contribution in [0.25, 0.3) is 0 Å². The molecule has 4 N–H and O–H groups in total. The molecule has 0 spiro atoms. The first-order chi connectivity index (χ1) is 7.90. The van der Waals surface area contributed by atoms with Crippen LogP contribution in [0.4, 0.5) is 0 Å². The maximum Gasteiger partial charge on any atom is 0.377 e. The summed E-state index contributed by atoms with van der Waals surface area (Å²) in [6.45, 7) is 1.72. The number of Topliss-reactive ketones (excluding diaryl/α,β-unsaturated/α-hetero) is 1. The smallest absolute Gasteiger partial charge is 0.377 e. The van der Waals surface area contributed by atoms with Crippen LogP contribution in [0, 0.1) is 0 Å². The predicted octanol–water partition coefficient (Wildman–Crippen LogP) is -0.670. The van der Waals surface area contributed by atoms with Crippen molar-refractivity contribution in [2.24, 2.45) is 0 Å². The standard InChI is InChI=1S/C10H14O7/c1-2-3-4(11)5(12)6(13)9-7(14)8(15)10(16)17-9/h5-6,9,12-15H,2-3H2,1H3/t5?,6-,9+/m0/s1. The molecule has 96 valence electrons. The number of aliphatic hydroxyl groups is 4. The van der Waals surface area contributed by atoms with Crippen molar-refractivity contribution >= 4 is 11.8 Å². The Morgan fingerprint density at radius 3 is 2.41 bits per heavy atom. The molecule has 1 rings (SSSR count). The number of hydrogen-bond donors (Lipinski definition) is 4. The Hall–Kier alpha value is -1.60. The second-order valence-electron chi connectivity index (χ2n) is 3.71. The van der Waals surface area contributed by atoms with Gasteiger partial charge < -0.3 is 25.2 Å². The lowest BCUT2D eigenvalue weighted by Gasteiger charge is -2.21. The average Bonchev–Trinajstić information content (AvgIpc) is 2.55. The van der Waals surface area contributed by atoms with Crippen LogP contribution >= 0.6 is 0 Å². The van der Waals surface area contributed by atoms with Gasteiger partial charge in [-0.15, -0.1) is 0 Å². The molecule has 3 atom stereocenters. The lowest BCUT2D eigenvalue weighted by molar-refractivity contribution is -0.154. The van der Waals surface area contributed by atoms with Crippen LogP contribution in [0.15, 0.2) is 11.5 Å². The van der Waals surface area contributed by atoms with Crippen molar-refractivity contribution in [3.05, 3.63) is 11.5 Å². The Kier molecular flexibility index (Phi) is 4.08. The number of ketones is 1. The van der Waals surface area contributed by atoms with Crippen molar-refractivity contribution < 1.29 is 34.8 Å². The summed E-state index contributed by atoms with van der Waals surface area (Å²) in [4.78, 5) is 22.2. The molecule has 0 aromatic heterocycles. The first kappa shape index (κ1) is 13.5. The van der Waals surface area contributed by atoms with Crippen LogP contribution in [0.5, 0.6) is 0 Å². The van der Waals surface area contributed by atoms with Gasteiger partial charge in [0.05, 0.1) is 0 Å². The minimum Gasteiger partial charge on any atom is -0.505 e. The van der Waals surface area contributed by atoms with Crippen molar-refractivity contribution in [3.8, 4) is 0 Å². The third-order valence-corrected chi connectivity index (χ3v) is 2.40. The number of ether oxygens (including phenoxy) is 1. The number of carbonyl (C=O) groups is 2. The van der Waals surface area contributed by atoms with Gasteiger partial charge in [-0.05, 0) is 6.42 Å². The molecule has 1 unspecified atom stereocenters. The molecule has 1 heterocycles. The molecular formula is C10H14O7. The summed E-state index contributed by atoms with van der Waals surface area (Å²) in [5, 5.41) is 37.3. The fourth-order valence-electron chi connectivity index (χ4n) is 1.45. The Balaban J connectivity index is 2.75. The zero-order valence-corrected chi connectivity index (χ0v) is 9.16. The fraction of sp³-hybridized carbons (Fsp3) is 0.600. The first-order valence-electron chi connectivity index (χ1n) is 5.12. The normalized spacial score (nSPS) is 23.5. The molecule has 0 saturated heterocycles. The van der Waals surface area contributed by atoms with Crippen molar-refractivity contribution in [1.82, 2.24) is 0 Å². The largest absolute Gasteiger partial charge is 0.505 e. The van der Waals surface area contributed by atoms with Gasteiger partial charge in [-0.1, -0.05) is 6.92 Å².